The normalized spacial score (nSPS) is 21.2. The van der Waals surface area contributed by atoms with Crippen molar-refractivity contribution >= 4 is 0 Å². The summed E-state index contributed by atoms with van der Waals surface area (Å²) in [6.07, 6.45) is 8.07. The van der Waals surface area contributed by atoms with Crippen molar-refractivity contribution < 1.29 is 0 Å². The highest BCUT2D eigenvalue weighted by Crippen LogP contribution is 2.33. The Morgan fingerprint density at radius 3 is 2.75 bits per heavy atom. The van der Waals surface area contributed by atoms with Gasteiger partial charge < -0.3 is 10.3 Å². The molecule has 1 saturated carbocycles. The summed E-state index contributed by atoms with van der Waals surface area (Å²) in [5.74, 6) is 1.07. The number of hydrogen-bond acceptors (Lipinski definition) is 3. The highest BCUT2D eigenvalue weighted by atomic mass is 15.3. The predicted octanol–water partition coefficient (Wildman–Crippen LogP) is 2.02. The quantitative estimate of drug-likeness (QED) is 0.848. The molecule has 1 atom stereocenters. The van der Waals surface area contributed by atoms with Crippen molar-refractivity contribution in [3.8, 4) is 0 Å². The molecule has 16 heavy (non-hydrogen) atoms. The molecule has 1 aromatic rings. The maximum Gasteiger partial charge on any atom is 0.140 e. The number of rotatable bonds is 4. The maximum absolute atomic E-state index is 5.90. The minimum absolute atomic E-state index is 0.0287. The standard InChI is InChI=1S/C12H22N4/c1-3-12(2,8-13)11-15-14-9-16(11)10-6-4-5-7-10/h9-10H,3-8,13H2,1-2H3. The largest absolute Gasteiger partial charge is 0.329 e. The molecule has 1 fully saturated rings. The van der Waals surface area contributed by atoms with Crippen LogP contribution >= 0.6 is 0 Å². The van der Waals surface area contributed by atoms with Crippen LogP contribution in [0.1, 0.15) is 57.8 Å². The highest BCUT2D eigenvalue weighted by molar-refractivity contribution is 5.08. The molecule has 0 amide bonds. The van der Waals surface area contributed by atoms with Crippen LogP contribution in [-0.4, -0.2) is 21.3 Å². The van der Waals surface area contributed by atoms with Crippen LogP contribution in [0.15, 0.2) is 6.33 Å². The summed E-state index contributed by atoms with van der Waals surface area (Å²) in [6, 6.07) is 0.599. The summed E-state index contributed by atoms with van der Waals surface area (Å²) in [5, 5.41) is 8.39. The van der Waals surface area contributed by atoms with Gasteiger partial charge in [0, 0.05) is 18.0 Å². The third-order valence-electron chi connectivity index (χ3n) is 4.06. The smallest absolute Gasteiger partial charge is 0.140 e. The average molecular weight is 222 g/mol. The topological polar surface area (TPSA) is 56.7 Å². The molecule has 1 unspecified atom stereocenters. The van der Waals surface area contributed by atoms with E-state index in [9.17, 15) is 0 Å². The van der Waals surface area contributed by atoms with Crippen molar-refractivity contribution in [3.63, 3.8) is 0 Å². The van der Waals surface area contributed by atoms with E-state index in [0.29, 0.717) is 12.6 Å². The molecule has 0 radical (unpaired) electrons. The molecule has 1 aliphatic carbocycles. The Morgan fingerprint density at radius 2 is 2.19 bits per heavy atom. The summed E-state index contributed by atoms with van der Waals surface area (Å²) in [7, 11) is 0. The lowest BCUT2D eigenvalue weighted by molar-refractivity contribution is 0.385. The van der Waals surface area contributed by atoms with Crippen molar-refractivity contribution in [2.45, 2.75) is 57.4 Å². The van der Waals surface area contributed by atoms with Gasteiger partial charge >= 0.3 is 0 Å². The minimum Gasteiger partial charge on any atom is -0.329 e. The second kappa shape index (κ2) is 4.53. The molecule has 0 aliphatic heterocycles. The summed E-state index contributed by atoms with van der Waals surface area (Å²) in [5.41, 5.74) is 5.87. The van der Waals surface area contributed by atoms with Crippen molar-refractivity contribution in [1.29, 1.82) is 0 Å². The van der Waals surface area contributed by atoms with Gasteiger partial charge in [0.1, 0.15) is 12.2 Å². The lowest BCUT2D eigenvalue weighted by Crippen LogP contribution is -2.34. The van der Waals surface area contributed by atoms with Crippen LogP contribution in [0.25, 0.3) is 0 Å². The van der Waals surface area contributed by atoms with Gasteiger partial charge in [-0.15, -0.1) is 10.2 Å². The first-order chi connectivity index (χ1) is 7.71. The van der Waals surface area contributed by atoms with E-state index in [-0.39, 0.29) is 5.41 Å². The van der Waals surface area contributed by atoms with Gasteiger partial charge in [-0.25, -0.2) is 0 Å². The van der Waals surface area contributed by atoms with Gasteiger partial charge in [0.15, 0.2) is 0 Å². The Balaban J connectivity index is 2.30. The zero-order valence-electron chi connectivity index (χ0n) is 10.3. The van der Waals surface area contributed by atoms with Crippen LogP contribution in [0.5, 0.6) is 0 Å². The Morgan fingerprint density at radius 1 is 1.50 bits per heavy atom. The van der Waals surface area contributed by atoms with Crippen LogP contribution in [0, 0.1) is 0 Å². The summed E-state index contributed by atoms with van der Waals surface area (Å²) in [4.78, 5) is 0. The Hall–Kier alpha value is -0.900. The predicted molar refractivity (Wildman–Crippen MR) is 64.2 cm³/mol. The first-order valence-corrected chi connectivity index (χ1v) is 6.31. The molecular weight excluding hydrogens is 200 g/mol. The molecule has 2 rings (SSSR count). The molecule has 4 nitrogen and oxygen atoms in total. The number of nitrogens with two attached hydrogens (primary N) is 1. The monoisotopic (exact) mass is 222 g/mol. The summed E-state index contributed by atoms with van der Waals surface area (Å²) < 4.78 is 2.27. The van der Waals surface area contributed by atoms with Crippen LogP contribution in [0.2, 0.25) is 0 Å². The van der Waals surface area contributed by atoms with Gasteiger partial charge in [-0.1, -0.05) is 26.7 Å². The fraction of sp³-hybridized carbons (Fsp3) is 0.833. The molecule has 0 aromatic carbocycles. The molecule has 0 bridgehead atoms. The number of aromatic nitrogens is 3. The van der Waals surface area contributed by atoms with Crippen molar-refractivity contribution in [2.24, 2.45) is 5.73 Å². The molecule has 4 heteroatoms. The molecule has 2 N–H and O–H groups in total. The zero-order chi connectivity index (χ0) is 11.6. The molecule has 0 saturated heterocycles. The second-order valence-corrected chi connectivity index (χ2v) is 5.12. The van der Waals surface area contributed by atoms with Gasteiger partial charge in [-0.3, -0.25) is 0 Å². The Bertz CT molecular complexity index is 335. The first kappa shape index (κ1) is 11.6. The average Bonchev–Trinajstić information content (AvgIpc) is 2.97. The van der Waals surface area contributed by atoms with Crippen LogP contribution < -0.4 is 5.73 Å². The van der Waals surface area contributed by atoms with E-state index < -0.39 is 0 Å². The number of nitrogens with zero attached hydrogens (tertiary/aromatic N) is 3. The van der Waals surface area contributed by atoms with Crippen molar-refractivity contribution in [2.75, 3.05) is 6.54 Å². The van der Waals surface area contributed by atoms with Crippen LogP contribution in [-0.2, 0) is 5.41 Å². The van der Waals surface area contributed by atoms with Gasteiger partial charge in [-0.05, 0) is 19.3 Å². The van der Waals surface area contributed by atoms with Crippen LogP contribution in [0.3, 0.4) is 0 Å². The second-order valence-electron chi connectivity index (χ2n) is 5.12. The van der Waals surface area contributed by atoms with E-state index in [4.69, 9.17) is 5.73 Å². The van der Waals surface area contributed by atoms with Gasteiger partial charge in [0.2, 0.25) is 0 Å². The lowest BCUT2D eigenvalue weighted by atomic mass is 9.86. The van der Waals surface area contributed by atoms with Gasteiger partial charge in [-0.2, -0.15) is 0 Å². The van der Waals surface area contributed by atoms with E-state index in [1.54, 1.807) is 0 Å². The fourth-order valence-electron chi connectivity index (χ4n) is 2.52. The fourth-order valence-corrected chi connectivity index (χ4v) is 2.52. The maximum atomic E-state index is 5.90. The third kappa shape index (κ3) is 1.86. The van der Waals surface area contributed by atoms with E-state index in [1.165, 1.54) is 25.7 Å². The molecule has 1 heterocycles. The van der Waals surface area contributed by atoms with Crippen LogP contribution in [0.4, 0.5) is 0 Å². The van der Waals surface area contributed by atoms with Gasteiger partial charge in [0.25, 0.3) is 0 Å². The number of hydrogen-bond donors (Lipinski definition) is 1. The molecule has 90 valence electrons. The highest BCUT2D eigenvalue weighted by Gasteiger charge is 2.31. The minimum atomic E-state index is -0.0287. The first-order valence-electron chi connectivity index (χ1n) is 6.31. The summed E-state index contributed by atoms with van der Waals surface area (Å²) in [6.45, 7) is 4.98. The molecular formula is C12H22N4. The zero-order valence-corrected chi connectivity index (χ0v) is 10.3. The molecule has 0 spiro atoms. The Labute approximate surface area is 97.2 Å². The van der Waals surface area contributed by atoms with Crippen molar-refractivity contribution in [1.82, 2.24) is 14.8 Å². The SMILES string of the molecule is CCC(C)(CN)c1nncn1C1CCCC1. The molecule has 1 aromatic heterocycles. The van der Waals surface area contributed by atoms with Crippen molar-refractivity contribution in [3.05, 3.63) is 12.2 Å². The van der Waals surface area contributed by atoms with E-state index in [2.05, 4.69) is 28.6 Å². The summed E-state index contributed by atoms with van der Waals surface area (Å²) >= 11 is 0. The van der Waals surface area contributed by atoms with E-state index >= 15 is 0 Å². The van der Waals surface area contributed by atoms with E-state index in [0.717, 1.165) is 12.2 Å². The lowest BCUT2D eigenvalue weighted by Gasteiger charge is -2.27. The third-order valence-corrected chi connectivity index (χ3v) is 4.06. The Kier molecular flexibility index (Phi) is 3.28. The van der Waals surface area contributed by atoms with Gasteiger partial charge in [0.05, 0.1) is 0 Å². The van der Waals surface area contributed by atoms with E-state index in [1.807, 2.05) is 6.33 Å². The molecule has 1 aliphatic rings.